The molecule has 17 heavy (non-hydrogen) atoms. The van der Waals surface area contributed by atoms with Crippen LogP contribution in [0.2, 0.25) is 0 Å². The van der Waals surface area contributed by atoms with E-state index in [4.69, 9.17) is 0 Å². The van der Waals surface area contributed by atoms with Gasteiger partial charge in [0.2, 0.25) is 0 Å². The van der Waals surface area contributed by atoms with E-state index in [0.29, 0.717) is 6.04 Å². The quantitative estimate of drug-likeness (QED) is 0.578. The predicted molar refractivity (Wildman–Crippen MR) is 70.4 cm³/mol. The van der Waals surface area contributed by atoms with Gasteiger partial charge < -0.3 is 5.32 Å². The molecule has 0 bridgehead atoms. The first kappa shape index (κ1) is 13.9. The number of nitrogens with one attached hydrogen (secondary N) is 1. The van der Waals surface area contributed by atoms with Gasteiger partial charge in [-0.1, -0.05) is 18.2 Å². The maximum Gasteiger partial charge on any atom is 0.123 e. The van der Waals surface area contributed by atoms with Crippen LogP contribution in [-0.4, -0.2) is 31.1 Å². The van der Waals surface area contributed by atoms with Crippen LogP contribution < -0.4 is 5.32 Å². The van der Waals surface area contributed by atoms with E-state index in [9.17, 15) is 4.39 Å². The number of rotatable bonds is 7. The lowest BCUT2D eigenvalue weighted by atomic mass is 10.2. The zero-order valence-corrected chi connectivity index (χ0v) is 10.6. The summed E-state index contributed by atoms with van der Waals surface area (Å²) in [5, 5.41) is 3.28. The molecule has 1 aromatic carbocycles. The SMILES string of the molecule is C=CCNCC(C)N(C)Cc1cccc(F)c1. The zero-order valence-electron chi connectivity index (χ0n) is 10.6. The van der Waals surface area contributed by atoms with E-state index in [-0.39, 0.29) is 5.82 Å². The number of benzene rings is 1. The van der Waals surface area contributed by atoms with Crippen molar-refractivity contribution in [3.05, 3.63) is 48.3 Å². The normalized spacial score (nSPS) is 12.7. The van der Waals surface area contributed by atoms with Crippen LogP contribution in [0.3, 0.4) is 0 Å². The molecule has 2 nitrogen and oxygen atoms in total. The first-order valence-corrected chi connectivity index (χ1v) is 5.89. The molecule has 0 saturated carbocycles. The van der Waals surface area contributed by atoms with Crippen molar-refractivity contribution in [2.24, 2.45) is 0 Å². The van der Waals surface area contributed by atoms with Crippen LogP contribution in [0, 0.1) is 5.82 Å². The molecule has 1 unspecified atom stereocenters. The molecule has 1 aromatic rings. The van der Waals surface area contributed by atoms with Gasteiger partial charge in [-0.05, 0) is 31.7 Å². The molecular formula is C14H21FN2. The van der Waals surface area contributed by atoms with E-state index in [0.717, 1.165) is 25.2 Å². The molecule has 0 aliphatic heterocycles. The van der Waals surface area contributed by atoms with Crippen LogP contribution in [0.1, 0.15) is 12.5 Å². The third kappa shape index (κ3) is 5.11. The van der Waals surface area contributed by atoms with Crippen LogP contribution in [0.5, 0.6) is 0 Å². The average molecular weight is 236 g/mol. The Balaban J connectivity index is 2.42. The molecule has 0 amide bonds. The smallest absolute Gasteiger partial charge is 0.123 e. The van der Waals surface area contributed by atoms with E-state index in [2.05, 4.69) is 23.7 Å². The van der Waals surface area contributed by atoms with Crippen molar-refractivity contribution < 1.29 is 4.39 Å². The highest BCUT2D eigenvalue weighted by atomic mass is 19.1. The Bertz CT molecular complexity index is 352. The molecule has 0 fully saturated rings. The van der Waals surface area contributed by atoms with Crippen LogP contribution >= 0.6 is 0 Å². The Morgan fingerprint density at radius 1 is 1.53 bits per heavy atom. The first-order valence-electron chi connectivity index (χ1n) is 5.89. The van der Waals surface area contributed by atoms with Gasteiger partial charge >= 0.3 is 0 Å². The van der Waals surface area contributed by atoms with Crippen LogP contribution in [0.4, 0.5) is 4.39 Å². The maximum atomic E-state index is 13.0. The van der Waals surface area contributed by atoms with Crippen molar-refractivity contribution >= 4 is 0 Å². The van der Waals surface area contributed by atoms with Gasteiger partial charge in [-0.2, -0.15) is 0 Å². The number of hydrogen-bond acceptors (Lipinski definition) is 2. The van der Waals surface area contributed by atoms with Gasteiger partial charge in [-0.15, -0.1) is 6.58 Å². The van der Waals surface area contributed by atoms with E-state index in [1.54, 1.807) is 12.1 Å². The third-order valence-electron chi connectivity index (χ3n) is 2.80. The average Bonchev–Trinajstić information content (AvgIpc) is 2.29. The van der Waals surface area contributed by atoms with Crippen LogP contribution in [0.15, 0.2) is 36.9 Å². The van der Waals surface area contributed by atoms with Crippen molar-refractivity contribution in [2.45, 2.75) is 19.5 Å². The van der Waals surface area contributed by atoms with Crippen molar-refractivity contribution in [1.82, 2.24) is 10.2 Å². The van der Waals surface area contributed by atoms with E-state index < -0.39 is 0 Å². The minimum atomic E-state index is -0.173. The molecule has 1 rings (SSSR count). The van der Waals surface area contributed by atoms with Gasteiger partial charge in [-0.3, -0.25) is 4.90 Å². The summed E-state index contributed by atoms with van der Waals surface area (Å²) in [5.41, 5.74) is 1.00. The van der Waals surface area contributed by atoms with E-state index >= 15 is 0 Å². The Morgan fingerprint density at radius 3 is 2.94 bits per heavy atom. The summed E-state index contributed by atoms with van der Waals surface area (Å²) in [7, 11) is 2.05. The molecule has 0 saturated heterocycles. The highest BCUT2D eigenvalue weighted by molar-refractivity contribution is 5.16. The third-order valence-corrected chi connectivity index (χ3v) is 2.80. The number of nitrogens with zero attached hydrogens (tertiary/aromatic N) is 1. The highest BCUT2D eigenvalue weighted by Gasteiger charge is 2.09. The molecular weight excluding hydrogens is 215 g/mol. The number of hydrogen-bond donors (Lipinski definition) is 1. The second-order valence-electron chi connectivity index (χ2n) is 4.34. The van der Waals surface area contributed by atoms with Crippen molar-refractivity contribution in [2.75, 3.05) is 20.1 Å². The Hall–Kier alpha value is -1.19. The van der Waals surface area contributed by atoms with Gasteiger partial charge in [0.1, 0.15) is 5.82 Å². The summed E-state index contributed by atoms with van der Waals surface area (Å²) >= 11 is 0. The lowest BCUT2D eigenvalue weighted by Gasteiger charge is -2.25. The fraction of sp³-hybridized carbons (Fsp3) is 0.429. The second kappa shape index (κ2) is 7.20. The summed E-state index contributed by atoms with van der Waals surface area (Å²) in [4.78, 5) is 2.20. The lowest BCUT2D eigenvalue weighted by Crippen LogP contribution is -2.37. The lowest BCUT2D eigenvalue weighted by molar-refractivity contribution is 0.244. The molecule has 0 radical (unpaired) electrons. The second-order valence-corrected chi connectivity index (χ2v) is 4.34. The predicted octanol–water partition coefficient (Wildman–Crippen LogP) is 2.42. The standard InChI is InChI=1S/C14H21FN2/c1-4-8-16-10-12(2)17(3)11-13-6-5-7-14(15)9-13/h4-7,9,12,16H,1,8,10-11H2,2-3H3. The minimum Gasteiger partial charge on any atom is -0.312 e. The minimum absolute atomic E-state index is 0.173. The molecule has 0 heterocycles. The molecule has 0 aliphatic rings. The highest BCUT2D eigenvalue weighted by Crippen LogP contribution is 2.08. The Labute approximate surface area is 103 Å². The van der Waals surface area contributed by atoms with Gasteiger partial charge in [0, 0.05) is 25.7 Å². The molecule has 0 aliphatic carbocycles. The van der Waals surface area contributed by atoms with E-state index in [1.165, 1.54) is 6.07 Å². The topological polar surface area (TPSA) is 15.3 Å². The molecule has 3 heteroatoms. The molecule has 1 N–H and O–H groups in total. The number of likely N-dealkylation sites (N-methyl/N-ethyl adjacent to an activating group) is 1. The summed E-state index contributed by atoms with van der Waals surface area (Å²) in [5.74, 6) is -0.173. The van der Waals surface area contributed by atoms with Crippen molar-refractivity contribution in [3.8, 4) is 0 Å². The van der Waals surface area contributed by atoms with Crippen molar-refractivity contribution in [3.63, 3.8) is 0 Å². The summed E-state index contributed by atoms with van der Waals surface area (Å²) in [6.45, 7) is 8.29. The molecule has 0 aromatic heterocycles. The maximum absolute atomic E-state index is 13.0. The van der Waals surface area contributed by atoms with E-state index in [1.807, 2.05) is 19.2 Å². The first-order chi connectivity index (χ1) is 8.13. The molecule has 94 valence electrons. The van der Waals surface area contributed by atoms with Crippen molar-refractivity contribution in [1.29, 1.82) is 0 Å². The van der Waals surface area contributed by atoms with Crippen LogP contribution in [-0.2, 0) is 6.54 Å². The zero-order chi connectivity index (χ0) is 12.7. The summed E-state index contributed by atoms with van der Waals surface area (Å²) in [6.07, 6.45) is 1.85. The van der Waals surface area contributed by atoms with Gasteiger partial charge in [0.05, 0.1) is 0 Å². The molecule has 1 atom stereocenters. The summed E-state index contributed by atoms with van der Waals surface area (Å²) in [6, 6.07) is 7.15. The summed E-state index contributed by atoms with van der Waals surface area (Å²) < 4.78 is 13.0. The Kier molecular flexibility index (Phi) is 5.87. The van der Waals surface area contributed by atoms with Crippen LogP contribution in [0.25, 0.3) is 0 Å². The fourth-order valence-electron chi connectivity index (χ4n) is 1.63. The monoisotopic (exact) mass is 236 g/mol. The Morgan fingerprint density at radius 2 is 2.29 bits per heavy atom. The fourth-order valence-corrected chi connectivity index (χ4v) is 1.63. The largest absolute Gasteiger partial charge is 0.312 e. The van der Waals surface area contributed by atoms with Gasteiger partial charge in [0.15, 0.2) is 0 Å². The van der Waals surface area contributed by atoms with Gasteiger partial charge in [0.25, 0.3) is 0 Å². The number of halogens is 1. The molecule has 0 spiro atoms. The van der Waals surface area contributed by atoms with Gasteiger partial charge in [-0.25, -0.2) is 4.39 Å².